The zero-order valence-corrected chi connectivity index (χ0v) is 13.3. The van der Waals surface area contributed by atoms with Gasteiger partial charge in [0.15, 0.2) is 0 Å². The first-order valence-corrected chi connectivity index (χ1v) is 8.18. The molecule has 4 nitrogen and oxygen atoms in total. The minimum atomic E-state index is -0.319. The highest BCUT2D eigenvalue weighted by Crippen LogP contribution is 2.25. The van der Waals surface area contributed by atoms with Crippen molar-refractivity contribution in [2.75, 3.05) is 0 Å². The number of hydrogen-bond donors (Lipinski definition) is 1. The van der Waals surface area contributed by atoms with E-state index in [1.165, 1.54) is 25.1 Å². The molecule has 0 saturated heterocycles. The Kier molecular flexibility index (Phi) is 5.18. The normalized spacial score (nSPS) is 16.4. The second-order valence-corrected chi connectivity index (χ2v) is 6.00. The quantitative estimate of drug-likeness (QED) is 0.881. The SMILES string of the molecule is C[C@H](NCc1cccnc1OC1CCCC1)c1ccc(F)cn1. The third-order valence-corrected chi connectivity index (χ3v) is 4.22. The largest absolute Gasteiger partial charge is 0.474 e. The van der Waals surface area contributed by atoms with Gasteiger partial charge in [-0.05, 0) is 50.8 Å². The number of pyridine rings is 2. The molecule has 122 valence electrons. The fourth-order valence-corrected chi connectivity index (χ4v) is 2.84. The van der Waals surface area contributed by atoms with E-state index in [1.54, 1.807) is 12.3 Å². The van der Waals surface area contributed by atoms with Crippen LogP contribution in [0.4, 0.5) is 4.39 Å². The van der Waals surface area contributed by atoms with Gasteiger partial charge in [0.2, 0.25) is 5.88 Å². The fraction of sp³-hybridized carbons (Fsp3) is 0.444. The average molecular weight is 315 g/mol. The molecular formula is C18H22FN3O. The third-order valence-electron chi connectivity index (χ3n) is 4.22. The second kappa shape index (κ2) is 7.51. The molecule has 1 aliphatic rings. The summed E-state index contributed by atoms with van der Waals surface area (Å²) in [5, 5.41) is 3.40. The molecule has 2 heterocycles. The Balaban J connectivity index is 1.62. The van der Waals surface area contributed by atoms with Crippen molar-refractivity contribution in [3.8, 4) is 5.88 Å². The van der Waals surface area contributed by atoms with Crippen LogP contribution in [-0.4, -0.2) is 16.1 Å². The van der Waals surface area contributed by atoms with Crippen LogP contribution in [0.5, 0.6) is 5.88 Å². The van der Waals surface area contributed by atoms with E-state index in [1.807, 2.05) is 19.1 Å². The number of nitrogens with one attached hydrogen (secondary N) is 1. The molecule has 0 spiro atoms. The molecule has 0 aromatic carbocycles. The van der Waals surface area contributed by atoms with Gasteiger partial charge in [-0.15, -0.1) is 0 Å². The molecule has 0 unspecified atom stereocenters. The summed E-state index contributed by atoms with van der Waals surface area (Å²) in [7, 11) is 0. The molecule has 1 atom stereocenters. The number of halogens is 1. The standard InChI is InChI=1S/C18H22FN3O/c1-13(17-9-8-15(19)12-22-17)21-11-14-5-4-10-20-18(14)23-16-6-2-3-7-16/h4-5,8-10,12-13,16,21H,2-3,6-7,11H2,1H3/t13-/m0/s1. The number of rotatable bonds is 6. The fourth-order valence-electron chi connectivity index (χ4n) is 2.84. The summed E-state index contributed by atoms with van der Waals surface area (Å²) in [6.07, 6.45) is 7.99. The van der Waals surface area contributed by atoms with Crippen molar-refractivity contribution in [1.82, 2.24) is 15.3 Å². The van der Waals surface area contributed by atoms with Crippen molar-refractivity contribution in [3.63, 3.8) is 0 Å². The lowest BCUT2D eigenvalue weighted by atomic mass is 10.2. The van der Waals surface area contributed by atoms with Crippen LogP contribution in [0.2, 0.25) is 0 Å². The van der Waals surface area contributed by atoms with Gasteiger partial charge in [-0.2, -0.15) is 0 Å². The van der Waals surface area contributed by atoms with Crippen LogP contribution >= 0.6 is 0 Å². The number of nitrogens with zero attached hydrogens (tertiary/aromatic N) is 2. The van der Waals surface area contributed by atoms with Crippen LogP contribution in [0.1, 0.15) is 49.9 Å². The topological polar surface area (TPSA) is 47.0 Å². The number of aromatic nitrogens is 2. The molecule has 0 aliphatic heterocycles. The van der Waals surface area contributed by atoms with Crippen molar-refractivity contribution >= 4 is 0 Å². The first-order chi connectivity index (χ1) is 11.2. The van der Waals surface area contributed by atoms with Gasteiger partial charge >= 0.3 is 0 Å². The lowest BCUT2D eigenvalue weighted by Crippen LogP contribution is -2.21. The maximum Gasteiger partial charge on any atom is 0.218 e. The maximum atomic E-state index is 12.9. The maximum absolute atomic E-state index is 12.9. The Morgan fingerprint density at radius 3 is 2.83 bits per heavy atom. The van der Waals surface area contributed by atoms with E-state index in [9.17, 15) is 4.39 Å². The monoisotopic (exact) mass is 315 g/mol. The van der Waals surface area contributed by atoms with Crippen LogP contribution in [0.3, 0.4) is 0 Å². The molecule has 1 fully saturated rings. The molecule has 3 rings (SSSR count). The van der Waals surface area contributed by atoms with E-state index >= 15 is 0 Å². The Morgan fingerprint density at radius 1 is 1.26 bits per heavy atom. The summed E-state index contributed by atoms with van der Waals surface area (Å²) in [4.78, 5) is 8.49. The van der Waals surface area contributed by atoms with Crippen LogP contribution in [0.25, 0.3) is 0 Å². The minimum Gasteiger partial charge on any atom is -0.474 e. The van der Waals surface area contributed by atoms with Crippen molar-refractivity contribution in [3.05, 3.63) is 53.7 Å². The van der Waals surface area contributed by atoms with Crippen molar-refractivity contribution in [2.45, 2.75) is 51.3 Å². The summed E-state index contributed by atoms with van der Waals surface area (Å²) in [5.74, 6) is 0.395. The zero-order valence-electron chi connectivity index (χ0n) is 13.3. The number of hydrogen-bond acceptors (Lipinski definition) is 4. The molecule has 0 radical (unpaired) electrons. The molecule has 0 bridgehead atoms. The minimum absolute atomic E-state index is 0.0233. The van der Waals surface area contributed by atoms with Gasteiger partial charge in [0.05, 0.1) is 11.9 Å². The Hall–Kier alpha value is -2.01. The van der Waals surface area contributed by atoms with Crippen LogP contribution < -0.4 is 10.1 Å². The van der Waals surface area contributed by atoms with Gasteiger partial charge in [-0.3, -0.25) is 4.98 Å². The lowest BCUT2D eigenvalue weighted by Gasteiger charge is -2.17. The van der Waals surface area contributed by atoms with E-state index in [4.69, 9.17) is 4.74 Å². The van der Waals surface area contributed by atoms with E-state index in [0.29, 0.717) is 18.5 Å². The summed E-state index contributed by atoms with van der Waals surface area (Å²) in [6.45, 7) is 2.64. The van der Waals surface area contributed by atoms with Gasteiger partial charge in [0, 0.05) is 24.3 Å². The molecule has 1 saturated carbocycles. The molecule has 2 aromatic rings. The van der Waals surface area contributed by atoms with Gasteiger partial charge < -0.3 is 10.1 Å². The van der Waals surface area contributed by atoms with Gasteiger partial charge in [0.25, 0.3) is 0 Å². The first kappa shape index (κ1) is 15.9. The van der Waals surface area contributed by atoms with E-state index in [0.717, 1.165) is 24.1 Å². The molecular weight excluding hydrogens is 293 g/mol. The van der Waals surface area contributed by atoms with Crippen molar-refractivity contribution in [2.24, 2.45) is 0 Å². The van der Waals surface area contributed by atoms with E-state index < -0.39 is 0 Å². The van der Waals surface area contributed by atoms with Crippen LogP contribution in [-0.2, 0) is 6.54 Å². The first-order valence-electron chi connectivity index (χ1n) is 8.18. The third kappa shape index (κ3) is 4.26. The molecule has 2 aromatic heterocycles. The van der Waals surface area contributed by atoms with Gasteiger partial charge in [-0.25, -0.2) is 9.37 Å². The smallest absolute Gasteiger partial charge is 0.218 e. The molecule has 0 amide bonds. The van der Waals surface area contributed by atoms with Crippen molar-refractivity contribution in [1.29, 1.82) is 0 Å². The average Bonchev–Trinajstić information content (AvgIpc) is 3.07. The van der Waals surface area contributed by atoms with Gasteiger partial charge in [0.1, 0.15) is 11.9 Å². The predicted octanol–water partition coefficient (Wildman–Crippen LogP) is 3.79. The Bertz CT molecular complexity index is 626. The van der Waals surface area contributed by atoms with Gasteiger partial charge in [-0.1, -0.05) is 6.07 Å². The molecule has 1 N–H and O–H groups in total. The highest BCUT2D eigenvalue weighted by Gasteiger charge is 2.18. The second-order valence-electron chi connectivity index (χ2n) is 6.00. The summed E-state index contributed by atoms with van der Waals surface area (Å²) in [6, 6.07) is 7.09. The molecule has 5 heteroatoms. The lowest BCUT2D eigenvalue weighted by molar-refractivity contribution is 0.198. The van der Waals surface area contributed by atoms with E-state index in [-0.39, 0.29) is 11.9 Å². The van der Waals surface area contributed by atoms with Crippen LogP contribution in [0, 0.1) is 5.82 Å². The molecule has 23 heavy (non-hydrogen) atoms. The summed E-state index contributed by atoms with van der Waals surface area (Å²) >= 11 is 0. The van der Waals surface area contributed by atoms with E-state index in [2.05, 4.69) is 15.3 Å². The summed E-state index contributed by atoms with van der Waals surface area (Å²) in [5.41, 5.74) is 1.85. The Morgan fingerprint density at radius 2 is 2.09 bits per heavy atom. The highest BCUT2D eigenvalue weighted by atomic mass is 19.1. The molecule has 1 aliphatic carbocycles. The Labute approximate surface area is 136 Å². The van der Waals surface area contributed by atoms with Crippen LogP contribution in [0.15, 0.2) is 36.7 Å². The highest BCUT2D eigenvalue weighted by molar-refractivity contribution is 5.26. The zero-order chi connectivity index (χ0) is 16.1. The van der Waals surface area contributed by atoms with Crippen molar-refractivity contribution < 1.29 is 9.13 Å². The summed E-state index contributed by atoms with van der Waals surface area (Å²) < 4.78 is 19.0. The number of ether oxygens (including phenoxy) is 1. The predicted molar refractivity (Wildman–Crippen MR) is 86.6 cm³/mol.